The van der Waals surface area contributed by atoms with Gasteiger partial charge in [0.2, 0.25) is 29.9 Å². The second-order valence-electron chi connectivity index (χ2n) is 28.6. The molecule has 2 aromatic heterocycles. The Kier molecular flexibility index (Phi) is 39.4. The van der Waals surface area contributed by atoms with Gasteiger partial charge in [-0.15, -0.1) is 0 Å². The standard InChI is InChI=1S/C81H111FN8O31/c1-4-81(105)56-43-61-70-54(47-90(61)76(100)55(56)49-118-79(81)103)69-58(11-10-53-50(2)57(82)44-59(87-70)68(53)69)88-80(104)119-48-51-9-12-62(120-78-73(98)71(96)72(97)74(121-78)77(101)102)52(42-51)45-84-63(91)15-17-83-75(99)60(86-65(93)8-6-5-7-18-89-66(94)13-14-67(89)95)46-85-64(92)16-19-107-22-23-109-26-27-111-30-31-113-34-35-115-38-39-117-41-40-116-37-36-114-33-32-112-29-28-110-25-24-108-21-20-106-3/h9,12-14,42-44,58,60,71-74,78,96-98,105H,4-8,10-11,15-41,45-49H2,1-3H3,(H,83,99)(H,84,91)(H,85,92)(H,86,93)(H,88,104)(H,101,102)/t58-,60-,71-,72-,73+,74-,78+,81-/m0/s1. The highest BCUT2D eigenvalue weighted by molar-refractivity contribution is 6.12. The summed E-state index contributed by atoms with van der Waals surface area (Å²) in [5.41, 5.74) is 0.811. The molecule has 0 spiro atoms. The molecule has 4 aromatic rings. The molecule has 39 nitrogen and oxygen atoms in total. The molecule has 121 heavy (non-hydrogen) atoms. The van der Waals surface area contributed by atoms with Crippen LogP contribution in [0.15, 0.2) is 47.3 Å². The SMILES string of the molecule is CC[C@@]1(O)C(=O)OCc2c1cc1n(c2=O)Cc2c-1nc1cc(F)c(C)c3c1c2[C@@H](NC(=O)OCc1ccc(O[C@@H]2O[C@H](C(=O)O)[C@@H](O)[C@H](O)[C@H]2O)c(CNC(=O)CCNC(=O)[C@H](CNC(=O)CCOCCOCCOCCOCCOCCOCCOCCOCCOCCOCCOCCOC)NC(=O)CCCCCN2C(=O)C=CC2=O)c1)CC3. The third-order valence-electron chi connectivity index (χ3n) is 20.3. The predicted molar refractivity (Wildman–Crippen MR) is 419 cm³/mol. The molecule has 40 heteroatoms. The maximum atomic E-state index is 15.7. The molecule has 1 aliphatic carbocycles. The number of aliphatic carboxylic acids is 1. The Hall–Kier alpha value is -9.18. The summed E-state index contributed by atoms with van der Waals surface area (Å²) in [5, 5.41) is 67.3. The van der Waals surface area contributed by atoms with Crippen LogP contribution >= 0.6 is 0 Å². The zero-order chi connectivity index (χ0) is 86.6. The van der Waals surface area contributed by atoms with Gasteiger partial charge in [-0.2, -0.15) is 0 Å². The average molecular weight is 1710 g/mol. The number of ether oxygens (including phenoxy) is 16. The van der Waals surface area contributed by atoms with E-state index in [0.717, 1.165) is 4.90 Å². The fourth-order valence-electron chi connectivity index (χ4n) is 13.8. The molecule has 9 rings (SSSR count). The Balaban J connectivity index is 0.695. The van der Waals surface area contributed by atoms with Crippen molar-refractivity contribution < 1.29 is 149 Å². The summed E-state index contributed by atoms with van der Waals surface area (Å²) in [7, 11) is 1.62. The van der Waals surface area contributed by atoms with Crippen molar-refractivity contribution in [3.05, 3.63) is 103 Å². The number of hydrogen-bond acceptors (Lipinski definition) is 31. The molecule has 2 aromatic carbocycles. The van der Waals surface area contributed by atoms with E-state index in [4.69, 9.17) is 80.8 Å². The van der Waals surface area contributed by atoms with Crippen LogP contribution in [-0.2, 0) is 148 Å². The van der Waals surface area contributed by atoms with Gasteiger partial charge in [0.15, 0.2) is 11.7 Å². The summed E-state index contributed by atoms with van der Waals surface area (Å²) in [6.07, 6.45) is -7.57. The van der Waals surface area contributed by atoms with E-state index in [1.54, 1.807) is 21.0 Å². The number of esters is 1. The van der Waals surface area contributed by atoms with Crippen LogP contribution in [-0.4, -0.2) is 309 Å². The highest BCUT2D eigenvalue weighted by atomic mass is 19.1. The first-order chi connectivity index (χ1) is 58.5. The summed E-state index contributed by atoms with van der Waals surface area (Å²) in [5.74, 6) is -6.66. The number of carbonyl (C=O) groups excluding carboxylic acids is 8. The number of methoxy groups -OCH3 is 1. The smallest absolute Gasteiger partial charge is 0.407 e. The molecule has 1 saturated heterocycles. The number of carbonyl (C=O) groups is 9. The maximum Gasteiger partial charge on any atom is 0.407 e. The number of cyclic esters (lactones) is 1. The Morgan fingerprint density at radius 1 is 0.653 bits per heavy atom. The second-order valence-corrected chi connectivity index (χ2v) is 28.6. The van der Waals surface area contributed by atoms with E-state index in [-0.39, 0.29) is 143 Å². The van der Waals surface area contributed by atoms with Gasteiger partial charge in [0.05, 0.1) is 187 Å². The van der Waals surface area contributed by atoms with Crippen LogP contribution in [0.4, 0.5) is 9.18 Å². The summed E-state index contributed by atoms with van der Waals surface area (Å²) < 4.78 is 105. The van der Waals surface area contributed by atoms with Crippen molar-refractivity contribution in [2.45, 2.75) is 146 Å². The lowest BCUT2D eigenvalue weighted by molar-refractivity contribution is -0.271. The first kappa shape index (κ1) is 95.7. The average Bonchev–Trinajstić information content (AvgIpc) is 1.58. The molecular formula is C81H111FN8O31. The number of hydrogen-bond donors (Lipinski definition) is 10. The van der Waals surface area contributed by atoms with E-state index in [9.17, 15) is 73.5 Å². The third-order valence-corrected chi connectivity index (χ3v) is 20.3. The number of halogens is 1. The number of fused-ring (bicyclic) bond motifs is 5. The van der Waals surface area contributed by atoms with Crippen molar-refractivity contribution in [2.24, 2.45) is 0 Å². The summed E-state index contributed by atoms with van der Waals surface area (Å²) >= 11 is 0. The molecule has 0 unspecified atom stereocenters. The fourth-order valence-corrected chi connectivity index (χ4v) is 13.8. The molecule has 5 aliphatic rings. The number of aliphatic hydroxyl groups excluding tert-OH is 3. The Labute approximate surface area is 696 Å². The van der Waals surface area contributed by atoms with Crippen LogP contribution in [0.1, 0.15) is 109 Å². The molecule has 10 N–H and O–H groups in total. The molecule has 668 valence electrons. The molecule has 6 heterocycles. The van der Waals surface area contributed by atoms with Crippen molar-refractivity contribution in [1.82, 2.24) is 41.0 Å². The summed E-state index contributed by atoms with van der Waals surface area (Å²) in [6.45, 7) is 10.4. The second kappa shape index (κ2) is 49.8. The number of aryl methyl sites for hydroxylation is 1. The van der Waals surface area contributed by atoms with Gasteiger partial charge in [0.1, 0.15) is 49.1 Å². The minimum Gasteiger partial charge on any atom is -0.479 e. The number of nitrogens with zero attached hydrogens (tertiary/aromatic N) is 3. The molecule has 0 saturated carbocycles. The third kappa shape index (κ3) is 28.2. The monoisotopic (exact) mass is 1710 g/mol. The van der Waals surface area contributed by atoms with Crippen molar-refractivity contribution >= 4 is 64.4 Å². The Morgan fingerprint density at radius 2 is 1.22 bits per heavy atom. The van der Waals surface area contributed by atoms with Gasteiger partial charge in [-0.25, -0.2) is 23.8 Å². The lowest BCUT2D eigenvalue weighted by Gasteiger charge is -2.38. The number of rotatable bonds is 58. The van der Waals surface area contributed by atoms with Crippen LogP contribution in [0.2, 0.25) is 0 Å². The van der Waals surface area contributed by atoms with Gasteiger partial charge in [0.25, 0.3) is 17.4 Å². The van der Waals surface area contributed by atoms with Gasteiger partial charge in [0, 0.05) is 92.8 Å². The van der Waals surface area contributed by atoms with Crippen LogP contribution in [0.5, 0.6) is 5.75 Å². The van der Waals surface area contributed by atoms with Gasteiger partial charge >= 0.3 is 18.0 Å². The zero-order valence-corrected chi connectivity index (χ0v) is 68.2. The van der Waals surface area contributed by atoms with Gasteiger partial charge in [-0.05, 0) is 79.5 Å². The van der Waals surface area contributed by atoms with E-state index in [0.29, 0.717) is 179 Å². The Bertz CT molecular complexity index is 4210. The minimum atomic E-state index is -2.12. The number of aromatic nitrogens is 2. The van der Waals surface area contributed by atoms with Crippen LogP contribution in [0.25, 0.3) is 22.3 Å². The number of pyridine rings is 2. The van der Waals surface area contributed by atoms with Gasteiger partial charge in [-0.1, -0.05) is 19.4 Å². The number of carboxylic acids is 1. The van der Waals surface area contributed by atoms with E-state index in [2.05, 4.69) is 26.6 Å². The lowest BCUT2D eigenvalue weighted by Crippen LogP contribution is -2.61. The Morgan fingerprint density at radius 3 is 1.79 bits per heavy atom. The van der Waals surface area contributed by atoms with Crippen molar-refractivity contribution in [2.75, 3.05) is 179 Å². The van der Waals surface area contributed by atoms with Gasteiger partial charge < -0.3 is 132 Å². The van der Waals surface area contributed by atoms with E-state index >= 15 is 4.39 Å². The zero-order valence-electron chi connectivity index (χ0n) is 68.2. The molecular weight excluding hydrogens is 1600 g/mol. The number of carboxylic acid groups (broad SMARTS) is 1. The number of amides is 7. The van der Waals surface area contributed by atoms with Crippen molar-refractivity contribution in [1.29, 1.82) is 0 Å². The van der Waals surface area contributed by atoms with Crippen LogP contribution < -0.4 is 36.9 Å². The number of nitrogens with one attached hydrogen (secondary N) is 5. The first-order valence-electron chi connectivity index (χ1n) is 40.5. The lowest BCUT2D eigenvalue weighted by atomic mass is 9.81. The van der Waals surface area contributed by atoms with Crippen LogP contribution in [0, 0.1) is 12.7 Å². The topological polar surface area (TPSA) is 501 Å². The highest BCUT2D eigenvalue weighted by Crippen LogP contribution is 2.46. The van der Waals surface area contributed by atoms with E-state index in [1.807, 2.05) is 0 Å². The van der Waals surface area contributed by atoms with Crippen molar-refractivity contribution in [3.63, 3.8) is 0 Å². The van der Waals surface area contributed by atoms with Gasteiger partial charge in [-0.3, -0.25) is 38.5 Å². The number of alkyl carbamates (subject to hydrolysis) is 1. The molecule has 7 amide bonds. The number of aliphatic hydroxyl groups is 4. The molecule has 0 bridgehead atoms. The quantitative estimate of drug-likeness (QED) is 0.0141. The minimum absolute atomic E-state index is 0.0152. The fraction of sp³-hybridized carbons (Fsp3) is 0.617. The largest absolute Gasteiger partial charge is 0.479 e. The summed E-state index contributed by atoms with van der Waals surface area (Å²) in [6, 6.07) is 4.86. The predicted octanol–water partition coefficient (Wildman–Crippen LogP) is 0.140. The molecule has 4 aliphatic heterocycles. The number of benzene rings is 2. The maximum absolute atomic E-state index is 15.7. The summed E-state index contributed by atoms with van der Waals surface area (Å²) in [4.78, 5) is 137. The first-order valence-corrected chi connectivity index (χ1v) is 40.5. The van der Waals surface area contributed by atoms with E-state index in [1.165, 1.54) is 47.1 Å². The van der Waals surface area contributed by atoms with E-state index < -0.39 is 120 Å². The molecule has 0 radical (unpaired) electrons. The normalized spacial score (nSPS) is 19.1. The number of unbranched alkanes of at least 4 members (excludes halogenated alkanes) is 2. The molecule has 1 fully saturated rings. The van der Waals surface area contributed by atoms with Crippen LogP contribution in [0.3, 0.4) is 0 Å². The highest BCUT2D eigenvalue weighted by Gasteiger charge is 2.49. The number of imide groups is 1. The van der Waals surface area contributed by atoms with Crippen molar-refractivity contribution in [3.8, 4) is 17.1 Å². The molecule has 8 atom stereocenters.